The van der Waals surface area contributed by atoms with Gasteiger partial charge in [-0.1, -0.05) is 13.8 Å². The molecule has 0 aromatic carbocycles. The topological polar surface area (TPSA) is 37.3 Å². The minimum absolute atomic E-state index is 0.149. The summed E-state index contributed by atoms with van der Waals surface area (Å²) >= 11 is 0. The second-order valence-electron chi connectivity index (χ2n) is 10.2. The maximum atomic E-state index is 12.2. The van der Waals surface area contributed by atoms with E-state index in [-0.39, 0.29) is 16.7 Å². The second-order valence-corrected chi connectivity index (χ2v) is 10.2. The molecule has 1 N–H and O–H groups in total. The zero-order valence-corrected chi connectivity index (χ0v) is 15.6. The third kappa shape index (κ3) is 2.27. The molecule has 0 amide bonds. The molecule has 0 radical (unpaired) electrons. The molecule has 136 valence electrons. The van der Waals surface area contributed by atoms with Crippen LogP contribution in [0.25, 0.3) is 0 Å². The first-order valence-electron chi connectivity index (χ1n) is 11.7. The number of aliphatic hydroxyl groups is 1. The minimum atomic E-state index is -2.28. The number of fused-ring (bicyclic) bond motifs is 5. The van der Waals surface area contributed by atoms with Gasteiger partial charge in [0.15, 0.2) is 0 Å². The fraction of sp³-hybridized carbons (Fsp3) is 0.955. The average molecular weight is 336 g/mol. The van der Waals surface area contributed by atoms with Gasteiger partial charge in [0.2, 0.25) is 0 Å². The van der Waals surface area contributed by atoms with Gasteiger partial charge in [-0.25, -0.2) is 0 Å². The quantitative estimate of drug-likeness (QED) is 0.733. The predicted molar refractivity (Wildman–Crippen MR) is 96.5 cm³/mol. The molecule has 4 saturated carbocycles. The zero-order valence-electron chi connectivity index (χ0n) is 18.6. The standard InChI is InChI=1S/C22H36O2/c1-14(23)17-7-8-18-16-6-5-15-13-20(2,24)11-12-21(15,3)19(16)9-10-22(17,18)4/h15-19,24H,5-13H2,1-4H3/t15-,16-,17+,18-,19-,20+,21-,22+/m0/s1/i2D3. The first kappa shape index (κ1) is 13.8. The fourth-order valence-electron chi connectivity index (χ4n) is 7.91. The van der Waals surface area contributed by atoms with E-state index < -0.39 is 12.5 Å². The molecule has 4 aliphatic carbocycles. The third-order valence-corrected chi connectivity index (χ3v) is 9.22. The molecule has 24 heavy (non-hydrogen) atoms. The lowest BCUT2D eigenvalue weighted by molar-refractivity contribution is -0.150. The van der Waals surface area contributed by atoms with Crippen molar-refractivity contribution in [2.24, 2.45) is 40.4 Å². The molecule has 2 nitrogen and oxygen atoms in total. The SMILES string of the molecule is [2H]C([2H])([2H])[C@@]1(O)CC[C@@]2(C)[C@@H](CC[C@@H]3[C@@H]2CC[C@]2(C)[C@@H](C(C)=O)CC[C@@H]32)C1. The van der Waals surface area contributed by atoms with E-state index in [9.17, 15) is 9.90 Å². The monoisotopic (exact) mass is 335 g/mol. The predicted octanol–water partition coefficient (Wildman–Crippen LogP) is 4.99. The van der Waals surface area contributed by atoms with Crippen molar-refractivity contribution < 1.29 is 14.0 Å². The molecule has 0 aliphatic heterocycles. The highest BCUT2D eigenvalue weighted by Gasteiger charge is 2.61. The summed E-state index contributed by atoms with van der Waals surface area (Å²) in [6, 6.07) is 0. The van der Waals surface area contributed by atoms with Crippen molar-refractivity contribution in [1.82, 2.24) is 0 Å². The third-order valence-electron chi connectivity index (χ3n) is 9.22. The van der Waals surface area contributed by atoms with E-state index in [0.717, 1.165) is 32.1 Å². The molecule has 0 unspecified atom stereocenters. The Kier molecular flexibility index (Phi) is 3.05. The highest BCUT2D eigenvalue weighted by molar-refractivity contribution is 5.79. The summed E-state index contributed by atoms with van der Waals surface area (Å²) in [4.78, 5) is 12.2. The van der Waals surface area contributed by atoms with Crippen LogP contribution in [-0.4, -0.2) is 16.5 Å². The molecular formula is C22H36O2. The van der Waals surface area contributed by atoms with E-state index in [1.807, 2.05) is 0 Å². The second kappa shape index (κ2) is 5.32. The molecular weight excluding hydrogens is 296 g/mol. The summed E-state index contributed by atoms with van der Waals surface area (Å²) in [5.41, 5.74) is -1.18. The lowest BCUT2D eigenvalue weighted by Crippen LogP contribution is -2.55. The highest BCUT2D eigenvalue weighted by atomic mass is 16.3. The van der Waals surface area contributed by atoms with Crippen LogP contribution in [-0.2, 0) is 4.79 Å². The zero-order chi connectivity index (χ0) is 19.8. The Hall–Kier alpha value is -0.370. The lowest BCUT2D eigenvalue weighted by Gasteiger charge is -2.61. The molecule has 0 aromatic heterocycles. The molecule has 0 spiro atoms. The largest absolute Gasteiger partial charge is 0.390 e. The molecule has 0 aromatic rings. The van der Waals surface area contributed by atoms with Crippen LogP contribution in [0.4, 0.5) is 0 Å². The van der Waals surface area contributed by atoms with Crippen LogP contribution in [0.5, 0.6) is 0 Å². The van der Waals surface area contributed by atoms with Crippen LogP contribution < -0.4 is 0 Å². The summed E-state index contributed by atoms with van der Waals surface area (Å²) in [6.45, 7) is 4.25. The first-order valence-corrected chi connectivity index (χ1v) is 10.2. The summed E-state index contributed by atoms with van der Waals surface area (Å²) in [5.74, 6) is 2.87. The van der Waals surface area contributed by atoms with Crippen molar-refractivity contribution in [3.05, 3.63) is 0 Å². The maximum absolute atomic E-state index is 12.2. The van der Waals surface area contributed by atoms with Gasteiger partial charge in [0.1, 0.15) is 5.78 Å². The van der Waals surface area contributed by atoms with Gasteiger partial charge in [0.05, 0.1) is 5.60 Å². The number of rotatable bonds is 1. The van der Waals surface area contributed by atoms with Gasteiger partial charge in [-0.15, -0.1) is 0 Å². The van der Waals surface area contributed by atoms with Crippen molar-refractivity contribution in [3.63, 3.8) is 0 Å². The molecule has 2 heteroatoms. The van der Waals surface area contributed by atoms with Gasteiger partial charge < -0.3 is 5.11 Å². The van der Waals surface area contributed by atoms with Gasteiger partial charge in [0.25, 0.3) is 0 Å². The van der Waals surface area contributed by atoms with Crippen LogP contribution in [0.3, 0.4) is 0 Å². The van der Waals surface area contributed by atoms with E-state index in [0.29, 0.717) is 42.3 Å². The smallest absolute Gasteiger partial charge is 0.133 e. The Balaban J connectivity index is 1.59. The Morgan fingerprint density at radius 3 is 2.46 bits per heavy atom. The van der Waals surface area contributed by atoms with Gasteiger partial charge in [-0.3, -0.25) is 4.79 Å². The van der Waals surface area contributed by atoms with Crippen molar-refractivity contribution in [1.29, 1.82) is 0 Å². The van der Waals surface area contributed by atoms with Crippen molar-refractivity contribution in [3.8, 4) is 0 Å². The fourth-order valence-corrected chi connectivity index (χ4v) is 7.91. The van der Waals surface area contributed by atoms with E-state index in [1.165, 1.54) is 12.8 Å². The van der Waals surface area contributed by atoms with Gasteiger partial charge in [-0.05, 0) is 106 Å². The number of hydrogen-bond donors (Lipinski definition) is 1. The van der Waals surface area contributed by atoms with Gasteiger partial charge in [0, 0.05) is 10.0 Å². The number of carbonyl (C=O) groups excluding carboxylic acids is 1. The Labute approximate surface area is 152 Å². The highest BCUT2D eigenvalue weighted by Crippen LogP contribution is 2.68. The van der Waals surface area contributed by atoms with Crippen molar-refractivity contribution in [2.75, 3.05) is 0 Å². The Morgan fingerprint density at radius 2 is 1.75 bits per heavy atom. The van der Waals surface area contributed by atoms with E-state index in [2.05, 4.69) is 13.8 Å². The normalized spacial score (nSPS) is 59.3. The number of ketones is 1. The summed E-state index contributed by atoms with van der Waals surface area (Å²) < 4.78 is 23.4. The minimum Gasteiger partial charge on any atom is -0.390 e. The molecule has 4 aliphatic rings. The molecule has 0 bridgehead atoms. The van der Waals surface area contributed by atoms with Crippen molar-refractivity contribution in [2.45, 2.75) is 91.0 Å². The van der Waals surface area contributed by atoms with Crippen molar-refractivity contribution >= 4 is 5.78 Å². The molecule has 8 atom stereocenters. The van der Waals surface area contributed by atoms with Crippen LogP contribution >= 0.6 is 0 Å². The average Bonchev–Trinajstić information content (AvgIpc) is 2.92. The number of Topliss-reactive ketones (excluding diaryl/α,β-unsaturated/α-hetero) is 1. The van der Waals surface area contributed by atoms with Crippen LogP contribution in [0.15, 0.2) is 0 Å². The Bertz CT molecular complexity index is 632. The summed E-state index contributed by atoms with van der Waals surface area (Å²) in [7, 11) is 0. The van der Waals surface area contributed by atoms with E-state index in [4.69, 9.17) is 4.11 Å². The van der Waals surface area contributed by atoms with Crippen LogP contribution in [0, 0.1) is 40.4 Å². The number of hydrogen-bond acceptors (Lipinski definition) is 2. The van der Waals surface area contributed by atoms with Gasteiger partial charge in [-0.2, -0.15) is 0 Å². The maximum Gasteiger partial charge on any atom is 0.133 e. The Morgan fingerprint density at radius 1 is 1.00 bits per heavy atom. The van der Waals surface area contributed by atoms with Crippen LogP contribution in [0.2, 0.25) is 0 Å². The van der Waals surface area contributed by atoms with Crippen LogP contribution in [0.1, 0.15) is 89.5 Å². The van der Waals surface area contributed by atoms with E-state index in [1.54, 1.807) is 6.92 Å². The summed E-state index contributed by atoms with van der Waals surface area (Å²) in [5, 5.41) is 10.8. The molecule has 0 heterocycles. The van der Waals surface area contributed by atoms with E-state index >= 15 is 0 Å². The first-order chi connectivity index (χ1) is 12.4. The molecule has 4 fully saturated rings. The molecule has 0 saturated heterocycles. The van der Waals surface area contributed by atoms with Gasteiger partial charge >= 0.3 is 0 Å². The lowest BCUT2D eigenvalue weighted by atomic mass is 9.44. The molecule has 4 rings (SSSR count). The number of carbonyl (C=O) groups is 1. The summed E-state index contributed by atoms with van der Waals surface area (Å²) in [6.07, 6.45) is 8.38.